The van der Waals surface area contributed by atoms with Gasteiger partial charge >= 0.3 is 0 Å². The van der Waals surface area contributed by atoms with Crippen LogP contribution in [0.1, 0.15) is 36.5 Å². The second-order valence-electron chi connectivity index (χ2n) is 5.18. The zero-order valence-corrected chi connectivity index (χ0v) is 10.4. The predicted molar refractivity (Wildman–Crippen MR) is 66.5 cm³/mol. The molecule has 2 heteroatoms. The highest BCUT2D eigenvalue weighted by Crippen LogP contribution is 2.27. The van der Waals surface area contributed by atoms with E-state index < -0.39 is 5.60 Å². The van der Waals surface area contributed by atoms with Gasteiger partial charge in [0.25, 0.3) is 0 Å². The zero-order valence-electron chi connectivity index (χ0n) is 10.4. The third kappa shape index (κ3) is 2.45. The van der Waals surface area contributed by atoms with Gasteiger partial charge in [-0.05, 0) is 50.3 Å². The van der Waals surface area contributed by atoms with E-state index in [1.807, 2.05) is 19.1 Å². The largest absolute Gasteiger partial charge is 0.384 e. The Hall–Kier alpha value is -0.860. The minimum absolute atomic E-state index is 0.636. The molecule has 1 saturated carbocycles. The summed E-state index contributed by atoms with van der Waals surface area (Å²) in [5, 5.41) is 13.9. The summed E-state index contributed by atoms with van der Waals surface area (Å²) in [6.07, 6.45) is 2.51. The number of aliphatic hydroxyl groups is 1. The van der Waals surface area contributed by atoms with Crippen molar-refractivity contribution in [2.75, 3.05) is 6.54 Å². The summed E-state index contributed by atoms with van der Waals surface area (Å²) < 4.78 is 0. The monoisotopic (exact) mass is 219 g/mol. The zero-order chi connectivity index (χ0) is 11.8. The van der Waals surface area contributed by atoms with E-state index in [-0.39, 0.29) is 0 Å². The molecule has 2 rings (SSSR count). The number of rotatable bonds is 4. The lowest BCUT2D eigenvalue weighted by atomic mass is 9.90. The molecule has 1 aliphatic carbocycles. The van der Waals surface area contributed by atoms with E-state index in [0.29, 0.717) is 12.6 Å². The van der Waals surface area contributed by atoms with Gasteiger partial charge in [0.05, 0.1) is 5.60 Å². The van der Waals surface area contributed by atoms with Crippen molar-refractivity contribution in [1.82, 2.24) is 5.32 Å². The molecule has 1 unspecified atom stereocenters. The van der Waals surface area contributed by atoms with Gasteiger partial charge in [-0.2, -0.15) is 0 Å². The van der Waals surface area contributed by atoms with Crippen LogP contribution in [-0.2, 0) is 5.60 Å². The van der Waals surface area contributed by atoms with E-state index in [2.05, 4.69) is 25.2 Å². The summed E-state index contributed by atoms with van der Waals surface area (Å²) in [6, 6.07) is 6.76. The van der Waals surface area contributed by atoms with Crippen LogP contribution in [-0.4, -0.2) is 17.7 Å². The Balaban J connectivity index is 2.16. The van der Waals surface area contributed by atoms with Crippen LogP contribution in [0.3, 0.4) is 0 Å². The van der Waals surface area contributed by atoms with Crippen molar-refractivity contribution in [2.24, 2.45) is 0 Å². The molecule has 2 nitrogen and oxygen atoms in total. The Morgan fingerprint density at radius 2 is 2.06 bits per heavy atom. The third-order valence-corrected chi connectivity index (χ3v) is 3.50. The van der Waals surface area contributed by atoms with E-state index in [1.165, 1.54) is 24.0 Å². The predicted octanol–water partition coefficient (Wildman–Crippen LogP) is 2.26. The summed E-state index contributed by atoms with van der Waals surface area (Å²) in [4.78, 5) is 0. The Bertz CT molecular complexity index is 380. The summed E-state index contributed by atoms with van der Waals surface area (Å²) in [6.45, 7) is 6.70. The summed E-state index contributed by atoms with van der Waals surface area (Å²) in [7, 11) is 0. The summed E-state index contributed by atoms with van der Waals surface area (Å²) >= 11 is 0. The Labute approximate surface area is 97.7 Å². The SMILES string of the molecule is Cc1cccc(C(C)(O)CNC2CC2)c1C. The Morgan fingerprint density at radius 3 is 2.69 bits per heavy atom. The molecule has 1 atom stereocenters. The van der Waals surface area contributed by atoms with Crippen molar-refractivity contribution in [3.63, 3.8) is 0 Å². The molecule has 0 spiro atoms. The molecule has 0 aliphatic heterocycles. The first-order valence-electron chi connectivity index (χ1n) is 6.03. The molecule has 1 fully saturated rings. The first-order chi connectivity index (χ1) is 7.50. The van der Waals surface area contributed by atoms with Gasteiger partial charge in [0.1, 0.15) is 0 Å². The van der Waals surface area contributed by atoms with Gasteiger partial charge in [0, 0.05) is 12.6 Å². The molecule has 0 aromatic heterocycles. The number of hydrogen-bond acceptors (Lipinski definition) is 2. The number of aryl methyl sites for hydroxylation is 1. The number of hydrogen-bond donors (Lipinski definition) is 2. The fourth-order valence-corrected chi connectivity index (χ4v) is 2.06. The molecule has 0 amide bonds. The molecule has 2 N–H and O–H groups in total. The Kier molecular flexibility index (Phi) is 3.04. The third-order valence-electron chi connectivity index (χ3n) is 3.50. The van der Waals surface area contributed by atoms with Crippen molar-refractivity contribution >= 4 is 0 Å². The molecular weight excluding hydrogens is 198 g/mol. The van der Waals surface area contributed by atoms with Gasteiger partial charge in [-0.3, -0.25) is 0 Å². The number of benzene rings is 1. The van der Waals surface area contributed by atoms with Gasteiger partial charge in [-0.15, -0.1) is 0 Å². The van der Waals surface area contributed by atoms with Crippen LogP contribution in [0.25, 0.3) is 0 Å². The standard InChI is InChI=1S/C14H21NO/c1-10-5-4-6-13(11(10)2)14(3,16)9-15-12-7-8-12/h4-6,12,15-16H,7-9H2,1-3H3. The van der Waals surface area contributed by atoms with E-state index in [9.17, 15) is 5.11 Å². The topological polar surface area (TPSA) is 32.3 Å². The number of nitrogens with one attached hydrogen (secondary N) is 1. The van der Waals surface area contributed by atoms with Crippen molar-refractivity contribution in [3.8, 4) is 0 Å². The highest BCUT2D eigenvalue weighted by molar-refractivity contribution is 5.37. The van der Waals surface area contributed by atoms with Gasteiger partial charge < -0.3 is 10.4 Å². The lowest BCUT2D eigenvalue weighted by Crippen LogP contribution is -2.37. The van der Waals surface area contributed by atoms with Crippen LogP contribution >= 0.6 is 0 Å². The van der Waals surface area contributed by atoms with Crippen molar-refractivity contribution in [3.05, 3.63) is 34.9 Å². The van der Waals surface area contributed by atoms with Crippen LogP contribution in [0.5, 0.6) is 0 Å². The summed E-state index contributed by atoms with van der Waals surface area (Å²) in [5.74, 6) is 0. The van der Waals surface area contributed by atoms with E-state index >= 15 is 0 Å². The van der Waals surface area contributed by atoms with Crippen LogP contribution in [0.4, 0.5) is 0 Å². The molecule has 1 aromatic rings. The fourth-order valence-electron chi connectivity index (χ4n) is 2.06. The molecule has 1 aliphatic rings. The normalized spacial score (nSPS) is 19.5. The molecular formula is C14H21NO. The second-order valence-corrected chi connectivity index (χ2v) is 5.18. The second kappa shape index (κ2) is 4.19. The molecule has 0 heterocycles. The quantitative estimate of drug-likeness (QED) is 0.814. The highest BCUT2D eigenvalue weighted by Gasteiger charge is 2.29. The van der Waals surface area contributed by atoms with Gasteiger partial charge in [-0.25, -0.2) is 0 Å². The molecule has 0 bridgehead atoms. The van der Waals surface area contributed by atoms with E-state index in [4.69, 9.17) is 0 Å². The van der Waals surface area contributed by atoms with Gasteiger partial charge in [0.2, 0.25) is 0 Å². The fraction of sp³-hybridized carbons (Fsp3) is 0.571. The Morgan fingerprint density at radius 1 is 1.38 bits per heavy atom. The van der Waals surface area contributed by atoms with Gasteiger partial charge in [-0.1, -0.05) is 18.2 Å². The van der Waals surface area contributed by atoms with Crippen molar-refractivity contribution in [2.45, 2.75) is 45.3 Å². The minimum Gasteiger partial charge on any atom is -0.384 e. The first kappa shape index (κ1) is 11.6. The lowest BCUT2D eigenvalue weighted by Gasteiger charge is -2.27. The van der Waals surface area contributed by atoms with Crippen molar-refractivity contribution in [1.29, 1.82) is 0 Å². The highest BCUT2D eigenvalue weighted by atomic mass is 16.3. The lowest BCUT2D eigenvalue weighted by molar-refractivity contribution is 0.0559. The van der Waals surface area contributed by atoms with E-state index in [0.717, 1.165) is 5.56 Å². The maximum Gasteiger partial charge on any atom is 0.0995 e. The van der Waals surface area contributed by atoms with Crippen LogP contribution in [0.2, 0.25) is 0 Å². The molecule has 1 aromatic carbocycles. The first-order valence-corrected chi connectivity index (χ1v) is 6.03. The van der Waals surface area contributed by atoms with Crippen molar-refractivity contribution < 1.29 is 5.11 Å². The van der Waals surface area contributed by atoms with Crippen LogP contribution in [0, 0.1) is 13.8 Å². The van der Waals surface area contributed by atoms with Gasteiger partial charge in [0.15, 0.2) is 0 Å². The molecule has 0 radical (unpaired) electrons. The summed E-state index contributed by atoms with van der Waals surface area (Å²) in [5.41, 5.74) is 2.72. The average molecular weight is 219 g/mol. The van der Waals surface area contributed by atoms with Crippen LogP contribution < -0.4 is 5.32 Å². The molecule has 0 saturated heterocycles. The minimum atomic E-state index is -0.765. The smallest absolute Gasteiger partial charge is 0.0995 e. The molecule has 16 heavy (non-hydrogen) atoms. The van der Waals surface area contributed by atoms with E-state index in [1.54, 1.807) is 0 Å². The maximum atomic E-state index is 10.5. The maximum absolute atomic E-state index is 10.5. The molecule has 88 valence electrons. The average Bonchev–Trinajstić information content (AvgIpc) is 3.03. The van der Waals surface area contributed by atoms with Crippen LogP contribution in [0.15, 0.2) is 18.2 Å².